The molecule has 156 valence electrons. The zero-order valence-corrected chi connectivity index (χ0v) is 16.8. The number of aliphatic carboxylic acids is 1. The van der Waals surface area contributed by atoms with Gasteiger partial charge in [0, 0.05) is 16.2 Å². The van der Waals surface area contributed by atoms with Crippen LogP contribution in [0.15, 0.2) is 65.6 Å². The van der Waals surface area contributed by atoms with E-state index in [0.29, 0.717) is 22.8 Å². The Morgan fingerprint density at radius 3 is 2.47 bits per heavy atom. The minimum absolute atomic E-state index is 0.395. The number of hydrogen-bond donors (Lipinski definition) is 1. The van der Waals surface area contributed by atoms with Crippen molar-refractivity contribution in [1.29, 1.82) is 0 Å². The molecule has 0 saturated carbocycles. The summed E-state index contributed by atoms with van der Waals surface area (Å²) >= 11 is 1.55. The van der Waals surface area contributed by atoms with Crippen LogP contribution in [-0.4, -0.2) is 22.7 Å². The van der Waals surface area contributed by atoms with Gasteiger partial charge in [-0.05, 0) is 55.0 Å². The van der Waals surface area contributed by atoms with Crippen LogP contribution in [0.5, 0.6) is 5.75 Å². The second kappa shape index (κ2) is 9.21. The van der Waals surface area contributed by atoms with Crippen LogP contribution in [0, 0.1) is 6.92 Å². The molecule has 0 bridgehead atoms. The molecule has 1 aromatic heterocycles. The molecular weight excluding hydrogens is 415 g/mol. The van der Waals surface area contributed by atoms with Crippen LogP contribution in [0.1, 0.15) is 16.8 Å². The van der Waals surface area contributed by atoms with E-state index < -0.39 is 24.3 Å². The molecule has 0 aliphatic rings. The summed E-state index contributed by atoms with van der Waals surface area (Å²) in [4.78, 5) is 16.1. The van der Waals surface area contributed by atoms with Crippen molar-refractivity contribution < 1.29 is 27.8 Å². The summed E-state index contributed by atoms with van der Waals surface area (Å²) in [6.45, 7) is 1.44. The van der Waals surface area contributed by atoms with E-state index in [1.165, 1.54) is 12.1 Å². The molecule has 3 aromatic rings. The lowest BCUT2D eigenvalue weighted by molar-refractivity contribution is -0.139. The van der Waals surface area contributed by atoms with Crippen molar-refractivity contribution in [2.75, 3.05) is 6.61 Å². The first kappa shape index (κ1) is 21.7. The molecule has 3 rings (SSSR count). The number of aromatic nitrogens is 1. The van der Waals surface area contributed by atoms with Gasteiger partial charge in [0.25, 0.3) is 0 Å². The van der Waals surface area contributed by atoms with E-state index in [2.05, 4.69) is 4.98 Å². The number of pyridine rings is 1. The number of halogens is 3. The minimum Gasteiger partial charge on any atom is -0.482 e. The molecule has 0 atom stereocenters. The van der Waals surface area contributed by atoms with Gasteiger partial charge in [-0.2, -0.15) is 13.2 Å². The number of carbonyl (C=O) groups is 1. The summed E-state index contributed by atoms with van der Waals surface area (Å²) in [6, 6.07) is 15.9. The maximum Gasteiger partial charge on any atom is 0.416 e. The maximum atomic E-state index is 12.7. The summed E-state index contributed by atoms with van der Waals surface area (Å²) in [5, 5.41) is 8.70. The highest BCUT2D eigenvalue weighted by molar-refractivity contribution is 7.98. The van der Waals surface area contributed by atoms with Crippen molar-refractivity contribution in [3.63, 3.8) is 0 Å². The SMILES string of the molecule is Cc1cc(SCc2cccc(-c3ccc(C(F)(F)F)cc3)n2)ccc1OCC(=O)O. The van der Waals surface area contributed by atoms with E-state index in [-0.39, 0.29) is 0 Å². The number of carboxylic acid groups (broad SMARTS) is 1. The van der Waals surface area contributed by atoms with Gasteiger partial charge >= 0.3 is 12.1 Å². The molecule has 0 spiro atoms. The third-order valence-electron chi connectivity index (χ3n) is 4.20. The van der Waals surface area contributed by atoms with Crippen molar-refractivity contribution in [3.8, 4) is 17.0 Å². The fourth-order valence-corrected chi connectivity index (χ4v) is 3.62. The van der Waals surface area contributed by atoms with Crippen molar-refractivity contribution in [1.82, 2.24) is 4.98 Å². The molecule has 0 aliphatic heterocycles. The summed E-state index contributed by atoms with van der Waals surface area (Å²) in [6.07, 6.45) is -4.36. The number of nitrogens with zero attached hydrogens (tertiary/aromatic N) is 1. The van der Waals surface area contributed by atoms with Gasteiger partial charge in [-0.3, -0.25) is 4.98 Å². The minimum atomic E-state index is -4.36. The topological polar surface area (TPSA) is 59.4 Å². The van der Waals surface area contributed by atoms with Gasteiger partial charge in [-0.15, -0.1) is 11.8 Å². The second-order valence-corrected chi connectivity index (χ2v) is 7.54. The molecule has 0 saturated heterocycles. The van der Waals surface area contributed by atoms with Crippen molar-refractivity contribution >= 4 is 17.7 Å². The summed E-state index contributed by atoms with van der Waals surface area (Å²) in [5.41, 5.74) is 2.15. The number of aryl methyl sites for hydroxylation is 1. The molecule has 0 aliphatic carbocycles. The van der Waals surface area contributed by atoms with Gasteiger partial charge in [-0.1, -0.05) is 18.2 Å². The van der Waals surface area contributed by atoms with Crippen molar-refractivity contribution in [3.05, 3.63) is 77.5 Å². The molecule has 2 aromatic carbocycles. The Balaban J connectivity index is 1.67. The predicted molar refractivity (Wildman–Crippen MR) is 109 cm³/mol. The van der Waals surface area contributed by atoms with Gasteiger partial charge < -0.3 is 9.84 Å². The first-order chi connectivity index (χ1) is 14.2. The molecule has 1 N–H and O–H groups in total. The molecule has 0 amide bonds. The number of hydrogen-bond acceptors (Lipinski definition) is 4. The van der Waals surface area contributed by atoms with Crippen molar-refractivity contribution in [2.24, 2.45) is 0 Å². The summed E-state index contributed by atoms with van der Waals surface area (Å²) < 4.78 is 43.4. The largest absolute Gasteiger partial charge is 0.482 e. The Bertz CT molecular complexity index is 1040. The first-order valence-electron chi connectivity index (χ1n) is 8.94. The molecule has 1 heterocycles. The van der Waals surface area contributed by atoms with Crippen LogP contribution in [0.4, 0.5) is 13.2 Å². The second-order valence-electron chi connectivity index (χ2n) is 6.49. The monoisotopic (exact) mass is 433 g/mol. The Morgan fingerprint density at radius 1 is 1.10 bits per heavy atom. The van der Waals surface area contributed by atoms with E-state index in [1.54, 1.807) is 23.9 Å². The average molecular weight is 433 g/mol. The van der Waals surface area contributed by atoms with Gasteiger partial charge in [-0.25, -0.2) is 4.79 Å². The number of ether oxygens (including phenoxy) is 1. The number of carboxylic acids is 1. The highest BCUT2D eigenvalue weighted by Crippen LogP contribution is 2.31. The quantitative estimate of drug-likeness (QED) is 0.475. The molecule has 0 radical (unpaired) electrons. The zero-order chi connectivity index (χ0) is 21.7. The fraction of sp³-hybridized carbons (Fsp3) is 0.182. The van der Waals surface area contributed by atoms with Crippen LogP contribution >= 0.6 is 11.8 Å². The van der Waals surface area contributed by atoms with Crippen LogP contribution in [0.25, 0.3) is 11.3 Å². The number of alkyl halides is 3. The normalized spacial score (nSPS) is 11.3. The van der Waals surface area contributed by atoms with Crippen LogP contribution in [-0.2, 0) is 16.7 Å². The first-order valence-corrected chi connectivity index (χ1v) is 9.92. The Labute approximate surface area is 175 Å². The lowest BCUT2D eigenvalue weighted by Gasteiger charge is -2.10. The average Bonchev–Trinajstić information content (AvgIpc) is 2.71. The third kappa shape index (κ3) is 5.76. The van der Waals surface area contributed by atoms with E-state index in [0.717, 1.165) is 28.3 Å². The van der Waals surface area contributed by atoms with Crippen LogP contribution in [0.3, 0.4) is 0 Å². The zero-order valence-electron chi connectivity index (χ0n) is 15.9. The maximum absolute atomic E-state index is 12.7. The number of benzene rings is 2. The van der Waals surface area contributed by atoms with Crippen LogP contribution < -0.4 is 4.74 Å². The predicted octanol–water partition coefficient (Wildman–Crippen LogP) is 5.83. The summed E-state index contributed by atoms with van der Waals surface area (Å²) in [5.74, 6) is 0.0551. The Hall–Kier alpha value is -3.00. The van der Waals surface area contributed by atoms with Gasteiger partial charge in [0.15, 0.2) is 6.61 Å². The standard InChI is InChI=1S/C22H18F3NO3S/c1-14-11-18(9-10-20(14)29-12-21(27)28)30-13-17-3-2-4-19(26-17)15-5-7-16(8-6-15)22(23,24)25/h2-11H,12-13H2,1H3,(H,27,28). The fourth-order valence-electron chi connectivity index (χ4n) is 2.72. The van der Waals surface area contributed by atoms with E-state index >= 15 is 0 Å². The molecule has 30 heavy (non-hydrogen) atoms. The molecule has 4 nitrogen and oxygen atoms in total. The molecule has 8 heteroatoms. The highest BCUT2D eigenvalue weighted by atomic mass is 32.2. The third-order valence-corrected chi connectivity index (χ3v) is 5.23. The number of thioether (sulfide) groups is 1. The lowest BCUT2D eigenvalue weighted by Crippen LogP contribution is -2.09. The van der Waals surface area contributed by atoms with E-state index in [4.69, 9.17) is 9.84 Å². The van der Waals surface area contributed by atoms with E-state index in [9.17, 15) is 18.0 Å². The molecule has 0 fully saturated rings. The highest BCUT2D eigenvalue weighted by Gasteiger charge is 2.30. The van der Waals surface area contributed by atoms with Gasteiger partial charge in [0.1, 0.15) is 5.75 Å². The van der Waals surface area contributed by atoms with Crippen molar-refractivity contribution in [2.45, 2.75) is 23.7 Å². The Morgan fingerprint density at radius 2 is 1.83 bits per heavy atom. The van der Waals surface area contributed by atoms with Crippen LogP contribution in [0.2, 0.25) is 0 Å². The van der Waals surface area contributed by atoms with E-state index in [1.807, 2.05) is 31.2 Å². The van der Waals surface area contributed by atoms with Gasteiger partial charge in [0.2, 0.25) is 0 Å². The summed E-state index contributed by atoms with van der Waals surface area (Å²) in [7, 11) is 0. The lowest BCUT2D eigenvalue weighted by atomic mass is 10.1. The smallest absolute Gasteiger partial charge is 0.416 e. The molecule has 0 unspecified atom stereocenters. The number of rotatable bonds is 7. The Kier molecular flexibility index (Phi) is 6.66. The van der Waals surface area contributed by atoms with Gasteiger partial charge in [0.05, 0.1) is 17.0 Å². The molecular formula is C22H18F3NO3S.